The predicted octanol–water partition coefficient (Wildman–Crippen LogP) is 3.82. The third kappa shape index (κ3) is 5.23. The first-order valence-electron chi connectivity index (χ1n) is 8.73. The lowest BCUT2D eigenvalue weighted by Gasteiger charge is -2.30. The molecule has 0 radical (unpaired) electrons. The lowest BCUT2D eigenvalue weighted by atomic mass is 10.1. The van der Waals surface area contributed by atoms with Crippen LogP contribution in [-0.4, -0.2) is 26.6 Å². The van der Waals surface area contributed by atoms with Crippen molar-refractivity contribution < 1.29 is 13.2 Å². The molecule has 7 heteroatoms. The zero-order chi connectivity index (χ0) is 20.2. The number of carbonyl (C=O) groups excluding carboxylic acids is 1. The molecule has 27 heavy (non-hydrogen) atoms. The summed E-state index contributed by atoms with van der Waals surface area (Å²) in [5.74, 6) is -0.360. The quantitative estimate of drug-likeness (QED) is 0.757. The average molecular weight is 409 g/mol. The summed E-state index contributed by atoms with van der Waals surface area (Å²) in [4.78, 5) is 12.8. The standard InChI is InChI=1S/C20H25ClN2O3S/c1-5-19(20(24)22-13-16-8-6-7-9-18(16)21)23(27(4,25)26)17-11-10-14(2)15(3)12-17/h6-12,19H,5,13H2,1-4H3,(H,22,24)/t19-/m0/s1. The van der Waals surface area contributed by atoms with Crippen LogP contribution in [0.5, 0.6) is 0 Å². The Morgan fingerprint density at radius 3 is 2.37 bits per heavy atom. The van der Waals surface area contributed by atoms with Gasteiger partial charge in [-0.2, -0.15) is 0 Å². The lowest BCUT2D eigenvalue weighted by Crippen LogP contribution is -2.49. The predicted molar refractivity (Wildman–Crippen MR) is 111 cm³/mol. The first kappa shape index (κ1) is 21.3. The van der Waals surface area contributed by atoms with Gasteiger partial charge in [-0.25, -0.2) is 8.42 Å². The van der Waals surface area contributed by atoms with Crippen molar-refractivity contribution >= 4 is 33.2 Å². The zero-order valence-electron chi connectivity index (χ0n) is 16.0. The molecule has 2 aromatic rings. The van der Waals surface area contributed by atoms with Gasteiger partial charge in [0.2, 0.25) is 15.9 Å². The van der Waals surface area contributed by atoms with Crippen molar-refractivity contribution in [2.24, 2.45) is 0 Å². The van der Waals surface area contributed by atoms with Gasteiger partial charge in [0, 0.05) is 11.6 Å². The Morgan fingerprint density at radius 2 is 1.81 bits per heavy atom. The van der Waals surface area contributed by atoms with E-state index in [0.29, 0.717) is 17.1 Å². The SMILES string of the molecule is CC[C@@H](C(=O)NCc1ccccc1Cl)N(c1ccc(C)c(C)c1)S(C)(=O)=O. The Bertz CT molecular complexity index is 929. The first-order valence-corrected chi connectivity index (χ1v) is 11.0. The second-order valence-electron chi connectivity index (χ2n) is 6.56. The van der Waals surface area contributed by atoms with E-state index in [2.05, 4.69) is 5.32 Å². The first-order chi connectivity index (χ1) is 12.6. The molecule has 0 aliphatic carbocycles. The number of carbonyl (C=O) groups is 1. The van der Waals surface area contributed by atoms with Gasteiger partial charge in [0.25, 0.3) is 0 Å². The van der Waals surface area contributed by atoms with Crippen LogP contribution in [0.3, 0.4) is 0 Å². The van der Waals surface area contributed by atoms with Crippen LogP contribution in [0.4, 0.5) is 5.69 Å². The molecule has 0 unspecified atom stereocenters. The van der Waals surface area contributed by atoms with E-state index in [9.17, 15) is 13.2 Å². The Labute approximate surface area is 166 Å². The van der Waals surface area contributed by atoms with E-state index in [1.807, 2.05) is 38.1 Å². The van der Waals surface area contributed by atoms with Crippen molar-refractivity contribution in [2.75, 3.05) is 10.6 Å². The van der Waals surface area contributed by atoms with Gasteiger partial charge in [0.05, 0.1) is 11.9 Å². The molecule has 0 aliphatic heterocycles. The van der Waals surface area contributed by atoms with E-state index in [4.69, 9.17) is 11.6 Å². The van der Waals surface area contributed by atoms with Gasteiger partial charge >= 0.3 is 0 Å². The molecule has 0 saturated carbocycles. The van der Waals surface area contributed by atoms with E-state index in [1.165, 1.54) is 4.31 Å². The molecule has 1 atom stereocenters. The molecule has 0 bridgehead atoms. The van der Waals surface area contributed by atoms with Gasteiger partial charge < -0.3 is 5.32 Å². The normalized spacial score (nSPS) is 12.5. The zero-order valence-corrected chi connectivity index (χ0v) is 17.6. The number of amides is 1. The van der Waals surface area contributed by atoms with Crippen molar-refractivity contribution in [2.45, 2.75) is 39.8 Å². The molecule has 0 heterocycles. The molecule has 0 aromatic heterocycles. The molecule has 0 saturated heterocycles. The summed E-state index contributed by atoms with van der Waals surface area (Å²) < 4.78 is 26.2. The summed E-state index contributed by atoms with van der Waals surface area (Å²) in [5.41, 5.74) is 3.29. The number of benzene rings is 2. The smallest absolute Gasteiger partial charge is 0.244 e. The number of nitrogens with one attached hydrogen (secondary N) is 1. The van der Waals surface area contributed by atoms with E-state index in [-0.39, 0.29) is 12.5 Å². The lowest BCUT2D eigenvalue weighted by molar-refractivity contribution is -0.122. The highest BCUT2D eigenvalue weighted by Crippen LogP contribution is 2.25. The number of nitrogens with zero attached hydrogens (tertiary/aromatic N) is 1. The van der Waals surface area contributed by atoms with Crippen LogP contribution in [-0.2, 0) is 21.4 Å². The maximum Gasteiger partial charge on any atom is 0.244 e. The molecule has 0 spiro atoms. The minimum Gasteiger partial charge on any atom is -0.350 e. The molecule has 2 rings (SSSR count). The van der Waals surface area contributed by atoms with Crippen molar-refractivity contribution in [1.82, 2.24) is 5.32 Å². The van der Waals surface area contributed by atoms with Crippen molar-refractivity contribution in [1.29, 1.82) is 0 Å². The van der Waals surface area contributed by atoms with Gasteiger partial charge in [-0.15, -0.1) is 0 Å². The topological polar surface area (TPSA) is 66.5 Å². The molecule has 1 N–H and O–H groups in total. The second kappa shape index (κ2) is 8.76. The fourth-order valence-corrected chi connectivity index (χ4v) is 4.27. The highest BCUT2D eigenvalue weighted by molar-refractivity contribution is 7.92. The number of halogens is 1. The molecule has 0 fully saturated rings. The molecular weight excluding hydrogens is 384 g/mol. The Kier molecular flexibility index (Phi) is 6.89. The maximum absolute atomic E-state index is 12.8. The summed E-state index contributed by atoms with van der Waals surface area (Å²) in [7, 11) is -3.65. The van der Waals surface area contributed by atoms with Gasteiger partial charge in [-0.05, 0) is 55.2 Å². The summed E-state index contributed by atoms with van der Waals surface area (Å²) in [6.07, 6.45) is 1.46. The van der Waals surface area contributed by atoms with Crippen LogP contribution in [0.25, 0.3) is 0 Å². The molecular formula is C20H25ClN2O3S. The average Bonchev–Trinajstić information content (AvgIpc) is 2.60. The summed E-state index contributed by atoms with van der Waals surface area (Å²) >= 11 is 6.13. The Morgan fingerprint density at radius 1 is 1.15 bits per heavy atom. The van der Waals surface area contributed by atoms with E-state index in [0.717, 1.165) is 22.9 Å². The number of hydrogen-bond donors (Lipinski definition) is 1. The van der Waals surface area contributed by atoms with E-state index < -0.39 is 16.1 Å². The van der Waals surface area contributed by atoms with Gasteiger partial charge in [0.1, 0.15) is 6.04 Å². The fraction of sp³-hybridized carbons (Fsp3) is 0.350. The van der Waals surface area contributed by atoms with Crippen LogP contribution in [0.1, 0.15) is 30.0 Å². The van der Waals surface area contributed by atoms with Crippen LogP contribution in [0, 0.1) is 13.8 Å². The fourth-order valence-electron chi connectivity index (χ4n) is 2.86. The highest BCUT2D eigenvalue weighted by Gasteiger charge is 2.31. The Balaban J connectivity index is 2.30. The summed E-state index contributed by atoms with van der Waals surface area (Å²) in [6.45, 7) is 5.90. The van der Waals surface area contributed by atoms with Crippen LogP contribution >= 0.6 is 11.6 Å². The molecule has 0 aliphatic rings. The second-order valence-corrected chi connectivity index (χ2v) is 8.83. The van der Waals surface area contributed by atoms with Crippen LogP contribution in [0.2, 0.25) is 5.02 Å². The number of anilines is 1. The number of rotatable bonds is 7. The van der Waals surface area contributed by atoms with Crippen LogP contribution < -0.4 is 9.62 Å². The number of sulfonamides is 1. The third-order valence-corrected chi connectivity index (χ3v) is 6.03. The number of aryl methyl sites for hydroxylation is 2. The Hall–Kier alpha value is -2.05. The number of hydrogen-bond acceptors (Lipinski definition) is 3. The maximum atomic E-state index is 12.8. The van der Waals surface area contributed by atoms with Crippen molar-refractivity contribution in [3.05, 3.63) is 64.2 Å². The minimum absolute atomic E-state index is 0.236. The van der Waals surface area contributed by atoms with Gasteiger partial charge in [-0.1, -0.05) is 42.8 Å². The van der Waals surface area contributed by atoms with Gasteiger partial charge in [-0.3, -0.25) is 9.10 Å². The van der Waals surface area contributed by atoms with Crippen molar-refractivity contribution in [3.63, 3.8) is 0 Å². The van der Waals surface area contributed by atoms with E-state index >= 15 is 0 Å². The summed E-state index contributed by atoms with van der Waals surface area (Å²) in [6, 6.07) is 11.8. The molecule has 5 nitrogen and oxygen atoms in total. The van der Waals surface area contributed by atoms with E-state index in [1.54, 1.807) is 25.1 Å². The molecule has 2 aromatic carbocycles. The largest absolute Gasteiger partial charge is 0.350 e. The minimum atomic E-state index is -3.65. The van der Waals surface area contributed by atoms with Crippen molar-refractivity contribution in [3.8, 4) is 0 Å². The molecule has 1 amide bonds. The highest BCUT2D eigenvalue weighted by atomic mass is 35.5. The third-order valence-electron chi connectivity index (χ3n) is 4.49. The molecule has 146 valence electrons. The van der Waals surface area contributed by atoms with Crippen LogP contribution in [0.15, 0.2) is 42.5 Å². The van der Waals surface area contributed by atoms with Gasteiger partial charge in [0.15, 0.2) is 0 Å². The monoisotopic (exact) mass is 408 g/mol. The summed E-state index contributed by atoms with van der Waals surface area (Å²) in [5, 5.41) is 3.37.